The Kier molecular flexibility index (Phi) is 6.31. The number of halogens is 3. The molecule has 32 heavy (non-hydrogen) atoms. The quantitative estimate of drug-likeness (QED) is 0.414. The summed E-state index contributed by atoms with van der Waals surface area (Å²) in [5.74, 6) is 0.438. The lowest BCUT2D eigenvalue weighted by Gasteiger charge is -2.24. The summed E-state index contributed by atoms with van der Waals surface area (Å²) < 4.78 is 68.6. The van der Waals surface area contributed by atoms with E-state index in [1.165, 1.54) is 16.1 Å². The van der Waals surface area contributed by atoms with E-state index in [0.29, 0.717) is 17.4 Å². The minimum Gasteiger partial charge on any atom is -0.273 e. The van der Waals surface area contributed by atoms with Crippen molar-refractivity contribution >= 4 is 34.4 Å². The average molecular weight is 501 g/mol. The molecule has 0 bridgehead atoms. The summed E-state index contributed by atoms with van der Waals surface area (Å²) in [5, 5.41) is 8.84. The van der Waals surface area contributed by atoms with Crippen molar-refractivity contribution in [2.75, 3.05) is 12.8 Å². The largest absolute Gasteiger partial charge is 0.416 e. The number of nitrogens with zero attached hydrogens (tertiary/aromatic N) is 4. The molecule has 0 saturated carbocycles. The third-order valence-electron chi connectivity index (χ3n) is 5.18. The monoisotopic (exact) mass is 500 g/mol. The van der Waals surface area contributed by atoms with Crippen LogP contribution in [0.1, 0.15) is 23.9 Å². The van der Waals surface area contributed by atoms with Crippen LogP contribution in [0.5, 0.6) is 0 Å². The van der Waals surface area contributed by atoms with Crippen LogP contribution in [0.3, 0.4) is 0 Å². The van der Waals surface area contributed by atoms with E-state index in [4.69, 9.17) is 0 Å². The lowest BCUT2D eigenvalue weighted by atomic mass is 10.2. The van der Waals surface area contributed by atoms with Gasteiger partial charge in [-0.25, -0.2) is 8.42 Å². The standard InChI is InChI=1S/C20H19F3N4O2S3/c1-31-19-25-24-18(27(19)14-5-3-2-4-6-14)17-11-15(30)12-26(17)32(28,29)16-9-7-13(8-10-16)20(21,22)23/h2-10,15,17,30H,11-12H2,1H3/t15-,17+/m1/s1. The molecule has 1 aliphatic rings. The molecule has 4 rings (SSSR count). The minimum atomic E-state index is -4.55. The number of sulfonamides is 1. The summed E-state index contributed by atoms with van der Waals surface area (Å²) in [5.41, 5.74) is -0.124. The van der Waals surface area contributed by atoms with Gasteiger partial charge in [-0.2, -0.15) is 30.1 Å². The lowest BCUT2D eigenvalue weighted by molar-refractivity contribution is -0.137. The van der Waals surface area contributed by atoms with Crippen molar-refractivity contribution in [2.45, 2.75) is 33.9 Å². The molecule has 6 nitrogen and oxygen atoms in total. The Bertz CT molecular complexity index is 1200. The molecule has 0 aliphatic carbocycles. The van der Waals surface area contributed by atoms with Gasteiger partial charge in [0.2, 0.25) is 10.0 Å². The zero-order valence-corrected chi connectivity index (χ0v) is 19.3. The molecule has 1 aromatic heterocycles. The number of thiol groups is 1. The van der Waals surface area contributed by atoms with E-state index in [1.54, 1.807) is 4.57 Å². The normalized spacial score (nSPS) is 20.0. The van der Waals surface area contributed by atoms with Crippen molar-refractivity contribution in [3.8, 4) is 5.69 Å². The molecule has 0 spiro atoms. The highest BCUT2D eigenvalue weighted by Crippen LogP contribution is 2.40. The molecule has 12 heteroatoms. The van der Waals surface area contributed by atoms with Gasteiger partial charge >= 0.3 is 6.18 Å². The van der Waals surface area contributed by atoms with Gasteiger partial charge < -0.3 is 0 Å². The predicted octanol–water partition coefficient (Wildman–Crippen LogP) is 4.44. The second kappa shape index (κ2) is 8.73. The maximum absolute atomic E-state index is 13.4. The van der Waals surface area contributed by atoms with Gasteiger partial charge in [-0.3, -0.25) is 4.57 Å². The third-order valence-corrected chi connectivity index (χ3v) is 8.07. The van der Waals surface area contributed by atoms with Crippen LogP contribution in [0.2, 0.25) is 0 Å². The molecule has 1 aliphatic heterocycles. The first-order valence-corrected chi connectivity index (χ1v) is 12.7. The van der Waals surface area contributed by atoms with Crippen molar-refractivity contribution in [3.05, 3.63) is 66.0 Å². The molecule has 0 N–H and O–H groups in total. The zero-order valence-electron chi connectivity index (χ0n) is 16.8. The Morgan fingerprint density at radius 3 is 2.31 bits per heavy atom. The van der Waals surface area contributed by atoms with E-state index in [0.717, 1.165) is 30.0 Å². The summed E-state index contributed by atoms with van der Waals surface area (Å²) >= 11 is 5.87. The number of hydrogen-bond acceptors (Lipinski definition) is 6. The Balaban J connectivity index is 1.76. The average Bonchev–Trinajstić information content (AvgIpc) is 3.37. The van der Waals surface area contributed by atoms with E-state index in [2.05, 4.69) is 22.8 Å². The number of para-hydroxylation sites is 1. The van der Waals surface area contributed by atoms with Gasteiger partial charge in [-0.1, -0.05) is 30.0 Å². The fourth-order valence-electron chi connectivity index (χ4n) is 3.68. The fraction of sp³-hybridized carbons (Fsp3) is 0.300. The van der Waals surface area contributed by atoms with Gasteiger partial charge in [-0.15, -0.1) is 10.2 Å². The first-order valence-electron chi connectivity index (χ1n) is 9.55. The van der Waals surface area contributed by atoms with Crippen LogP contribution < -0.4 is 0 Å². The van der Waals surface area contributed by atoms with E-state index < -0.39 is 27.8 Å². The van der Waals surface area contributed by atoms with Crippen LogP contribution >= 0.6 is 24.4 Å². The highest BCUT2D eigenvalue weighted by Gasteiger charge is 2.43. The summed E-state index contributed by atoms with van der Waals surface area (Å²) in [6.45, 7) is 0.105. The Labute approximate surface area is 193 Å². The molecule has 3 aromatic rings. The minimum absolute atomic E-state index is 0.105. The Morgan fingerprint density at radius 2 is 1.72 bits per heavy atom. The third kappa shape index (κ3) is 4.28. The molecule has 2 heterocycles. The van der Waals surface area contributed by atoms with Gasteiger partial charge in [0.1, 0.15) is 0 Å². The Morgan fingerprint density at radius 1 is 1.06 bits per heavy atom. The number of hydrogen-bond donors (Lipinski definition) is 1. The molecule has 2 atom stereocenters. The Hall–Kier alpha value is -2.02. The predicted molar refractivity (Wildman–Crippen MR) is 119 cm³/mol. The topological polar surface area (TPSA) is 68.1 Å². The summed E-state index contributed by atoms with van der Waals surface area (Å²) in [4.78, 5) is -0.214. The molecule has 0 radical (unpaired) electrons. The smallest absolute Gasteiger partial charge is 0.273 e. The van der Waals surface area contributed by atoms with Crippen molar-refractivity contribution in [1.29, 1.82) is 0 Å². The maximum Gasteiger partial charge on any atom is 0.416 e. The first kappa shape index (κ1) is 23.1. The molecule has 0 unspecified atom stereocenters. The van der Waals surface area contributed by atoms with Gasteiger partial charge in [0, 0.05) is 17.5 Å². The number of benzene rings is 2. The number of aromatic nitrogens is 3. The second-order valence-corrected chi connectivity index (χ2v) is 10.6. The molecule has 2 aromatic carbocycles. The molecule has 0 amide bonds. The summed E-state index contributed by atoms with van der Waals surface area (Å²) in [6, 6.07) is 12.2. The van der Waals surface area contributed by atoms with Crippen molar-refractivity contribution in [1.82, 2.24) is 19.1 Å². The molecular formula is C20H19F3N4O2S3. The summed E-state index contributed by atoms with van der Waals surface area (Å²) in [6.07, 6.45) is -2.31. The van der Waals surface area contributed by atoms with E-state index >= 15 is 0 Å². The SMILES string of the molecule is CSc1nnc([C@@H]2C[C@@H](S)CN2S(=O)(=O)c2ccc(C(F)(F)F)cc2)n1-c1ccccc1. The molecular weight excluding hydrogens is 481 g/mol. The zero-order chi connectivity index (χ0) is 23.1. The second-order valence-electron chi connectivity index (χ2n) is 7.22. The van der Waals surface area contributed by atoms with E-state index in [9.17, 15) is 21.6 Å². The van der Waals surface area contributed by atoms with E-state index in [-0.39, 0.29) is 16.7 Å². The highest BCUT2D eigenvalue weighted by molar-refractivity contribution is 7.98. The van der Waals surface area contributed by atoms with Crippen LogP contribution in [0.25, 0.3) is 5.69 Å². The van der Waals surface area contributed by atoms with Crippen molar-refractivity contribution < 1.29 is 21.6 Å². The summed E-state index contributed by atoms with van der Waals surface area (Å²) in [7, 11) is -4.10. The van der Waals surface area contributed by atoms with E-state index in [1.807, 2.05) is 36.6 Å². The van der Waals surface area contributed by atoms with Gasteiger partial charge in [-0.05, 0) is 49.1 Å². The van der Waals surface area contributed by atoms with Crippen molar-refractivity contribution in [3.63, 3.8) is 0 Å². The maximum atomic E-state index is 13.4. The molecule has 1 saturated heterocycles. The lowest BCUT2D eigenvalue weighted by Crippen LogP contribution is -2.32. The van der Waals surface area contributed by atoms with Crippen LogP contribution in [0, 0.1) is 0 Å². The number of thioether (sulfide) groups is 1. The van der Waals surface area contributed by atoms with Crippen LogP contribution in [-0.2, 0) is 16.2 Å². The molecule has 170 valence electrons. The number of rotatable bonds is 5. The van der Waals surface area contributed by atoms with Gasteiger partial charge in [0.05, 0.1) is 16.5 Å². The van der Waals surface area contributed by atoms with Crippen LogP contribution in [0.15, 0.2) is 64.6 Å². The fourth-order valence-corrected chi connectivity index (χ4v) is 6.32. The van der Waals surface area contributed by atoms with Crippen LogP contribution in [0.4, 0.5) is 13.2 Å². The highest BCUT2D eigenvalue weighted by atomic mass is 32.2. The van der Waals surface area contributed by atoms with Crippen LogP contribution in [-0.4, -0.2) is 45.5 Å². The van der Waals surface area contributed by atoms with Crippen molar-refractivity contribution in [2.24, 2.45) is 0 Å². The van der Waals surface area contributed by atoms with Gasteiger partial charge in [0.25, 0.3) is 0 Å². The first-order chi connectivity index (χ1) is 15.1. The van der Waals surface area contributed by atoms with Gasteiger partial charge in [0.15, 0.2) is 11.0 Å². The molecule has 1 fully saturated rings. The number of alkyl halides is 3.